The molecule has 1 aromatic heterocycles. The molecule has 7 nitrogen and oxygen atoms in total. The zero-order valence-electron chi connectivity index (χ0n) is 13.7. The minimum absolute atomic E-state index is 0.00223. The van der Waals surface area contributed by atoms with Crippen LogP contribution in [0.25, 0.3) is 5.69 Å². The number of H-pyrrole nitrogens is 1. The Morgan fingerprint density at radius 2 is 1.88 bits per heavy atom. The van der Waals surface area contributed by atoms with Crippen molar-refractivity contribution in [2.24, 2.45) is 10.1 Å². The summed E-state index contributed by atoms with van der Waals surface area (Å²) in [6.45, 7) is 1.76. The van der Waals surface area contributed by atoms with Gasteiger partial charge in [0.1, 0.15) is 0 Å². The lowest BCUT2D eigenvalue weighted by Crippen LogP contribution is -2.17. The van der Waals surface area contributed by atoms with Gasteiger partial charge in [0.15, 0.2) is 0 Å². The fourth-order valence-corrected chi connectivity index (χ4v) is 3.07. The smallest absolute Gasteiger partial charge is 0.280 e. The highest BCUT2D eigenvalue weighted by Crippen LogP contribution is 2.16. The number of halogens is 1. The molecule has 0 radical (unpaired) electrons. The molecule has 0 aliphatic heterocycles. The first-order chi connectivity index (χ1) is 12.3. The molecule has 0 fully saturated rings. The molecule has 0 saturated carbocycles. The number of benzene rings is 2. The quantitative estimate of drug-likeness (QED) is 0.667. The second-order valence-electron chi connectivity index (χ2n) is 5.57. The van der Waals surface area contributed by atoms with Gasteiger partial charge in [-0.15, -0.1) is 0 Å². The van der Waals surface area contributed by atoms with Crippen molar-refractivity contribution >= 4 is 33.5 Å². The number of rotatable bonds is 4. The molecule has 3 N–H and O–H groups in total. The Kier molecular flexibility index (Phi) is 4.82. The number of primary sulfonamides is 1. The van der Waals surface area contributed by atoms with Gasteiger partial charge < -0.3 is 0 Å². The molecule has 0 aliphatic carbocycles. The van der Waals surface area contributed by atoms with Crippen molar-refractivity contribution in [2.45, 2.75) is 11.8 Å². The average molecular weight is 391 g/mol. The number of aromatic nitrogens is 2. The molecule has 2 aromatic carbocycles. The summed E-state index contributed by atoms with van der Waals surface area (Å²) < 4.78 is 23.9. The lowest BCUT2D eigenvalue weighted by molar-refractivity contribution is 0.598. The van der Waals surface area contributed by atoms with Gasteiger partial charge in [-0.25, -0.2) is 18.2 Å². The Hall–Kier alpha value is -2.68. The Balaban J connectivity index is 1.93. The van der Waals surface area contributed by atoms with Crippen LogP contribution in [0, 0.1) is 6.92 Å². The van der Waals surface area contributed by atoms with Crippen molar-refractivity contribution in [3.8, 4) is 5.69 Å². The van der Waals surface area contributed by atoms with Gasteiger partial charge in [0.05, 0.1) is 21.8 Å². The number of nitrogens with two attached hydrogens (primary N) is 1. The van der Waals surface area contributed by atoms with Gasteiger partial charge in [0.2, 0.25) is 10.0 Å². The summed E-state index contributed by atoms with van der Waals surface area (Å²) in [5.41, 5.74) is 1.87. The second-order valence-corrected chi connectivity index (χ2v) is 7.57. The van der Waals surface area contributed by atoms with Crippen molar-refractivity contribution in [2.75, 3.05) is 0 Å². The van der Waals surface area contributed by atoms with E-state index in [0.717, 1.165) is 0 Å². The molecule has 0 saturated heterocycles. The van der Waals surface area contributed by atoms with Crippen LogP contribution in [0.1, 0.15) is 11.3 Å². The van der Waals surface area contributed by atoms with Gasteiger partial charge in [-0.05, 0) is 49.4 Å². The molecule has 0 bridgehead atoms. The van der Waals surface area contributed by atoms with Crippen LogP contribution in [-0.2, 0) is 10.0 Å². The Labute approximate surface area is 154 Å². The molecule has 3 aromatic rings. The minimum Gasteiger partial charge on any atom is -0.295 e. The van der Waals surface area contributed by atoms with E-state index in [1.54, 1.807) is 31.2 Å². The van der Waals surface area contributed by atoms with Gasteiger partial charge in [0.25, 0.3) is 5.56 Å². The van der Waals surface area contributed by atoms with Crippen LogP contribution in [0.5, 0.6) is 0 Å². The molecule has 0 atom stereocenters. The first kappa shape index (κ1) is 18.1. The van der Waals surface area contributed by atoms with E-state index in [4.69, 9.17) is 16.7 Å². The fraction of sp³-hybridized carbons (Fsp3) is 0.0588. The highest BCUT2D eigenvalue weighted by molar-refractivity contribution is 7.89. The van der Waals surface area contributed by atoms with Crippen LogP contribution in [-0.4, -0.2) is 24.4 Å². The predicted octanol–water partition coefficient (Wildman–Crippen LogP) is 2.53. The topological polar surface area (TPSA) is 110 Å². The number of nitrogens with zero attached hydrogens (tertiary/aromatic N) is 2. The number of aromatic amines is 1. The van der Waals surface area contributed by atoms with E-state index in [-0.39, 0.29) is 10.5 Å². The number of sulfonamides is 1. The summed E-state index contributed by atoms with van der Waals surface area (Å²) in [6, 6.07) is 12.6. The summed E-state index contributed by atoms with van der Waals surface area (Å²) in [4.78, 5) is 16.8. The molecule has 134 valence electrons. The Morgan fingerprint density at radius 3 is 2.50 bits per heavy atom. The van der Waals surface area contributed by atoms with Gasteiger partial charge in [-0.3, -0.25) is 14.9 Å². The van der Waals surface area contributed by atoms with E-state index in [9.17, 15) is 13.2 Å². The van der Waals surface area contributed by atoms with Crippen LogP contribution in [0.3, 0.4) is 0 Å². The van der Waals surface area contributed by atoms with E-state index < -0.39 is 10.0 Å². The van der Waals surface area contributed by atoms with Gasteiger partial charge in [-0.1, -0.05) is 17.7 Å². The van der Waals surface area contributed by atoms with E-state index >= 15 is 0 Å². The van der Waals surface area contributed by atoms with Crippen LogP contribution >= 0.6 is 11.6 Å². The predicted molar refractivity (Wildman–Crippen MR) is 101 cm³/mol. The number of hydrogen-bond acceptors (Lipinski definition) is 4. The average Bonchev–Trinajstić information content (AvgIpc) is 2.87. The van der Waals surface area contributed by atoms with Crippen LogP contribution in [0.15, 0.2) is 63.2 Å². The first-order valence-electron chi connectivity index (χ1n) is 7.50. The first-order valence-corrected chi connectivity index (χ1v) is 9.42. The third kappa shape index (κ3) is 3.77. The summed E-state index contributed by atoms with van der Waals surface area (Å²) in [7, 11) is -3.75. The van der Waals surface area contributed by atoms with Crippen LogP contribution in [0.4, 0.5) is 5.69 Å². The lowest BCUT2D eigenvalue weighted by Gasteiger charge is -2.01. The molecule has 0 aliphatic rings. The normalized spacial score (nSPS) is 12.0. The number of nitrogens with one attached hydrogen (secondary N) is 1. The SMILES string of the molecule is Cc1[nH]n(-c2cccc(Cl)c2)c(=O)c1C=Nc1ccc(S(N)(=O)=O)cc1. The third-order valence-corrected chi connectivity index (χ3v) is 4.86. The molecular weight excluding hydrogens is 376 g/mol. The van der Waals surface area contributed by atoms with Gasteiger partial charge in [-0.2, -0.15) is 0 Å². The van der Waals surface area contributed by atoms with Gasteiger partial charge in [0, 0.05) is 16.9 Å². The molecular formula is C17H15ClN4O3S. The minimum atomic E-state index is -3.75. The molecule has 1 heterocycles. The summed E-state index contributed by atoms with van der Waals surface area (Å²) in [5.74, 6) is 0. The summed E-state index contributed by atoms with van der Waals surface area (Å²) in [6.07, 6.45) is 1.43. The van der Waals surface area contributed by atoms with Crippen LogP contribution < -0.4 is 10.7 Å². The van der Waals surface area contributed by atoms with Crippen molar-refractivity contribution in [1.82, 2.24) is 9.78 Å². The largest absolute Gasteiger partial charge is 0.295 e. The molecule has 9 heteroatoms. The molecule has 3 rings (SSSR count). The number of hydrogen-bond donors (Lipinski definition) is 2. The second kappa shape index (κ2) is 6.91. The van der Waals surface area contributed by atoms with Gasteiger partial charge >= 0.3 is 0 Å². The Morgan fingerprint density at radius 1 is 1.19 bits per heavy atom. The van der Waals surface area contributed by atoms with Crippen molar-refractivity contribution in [1.29, 1.82) is 0 Å². The molecule has 0 spiro atoms. The number of aryl methyl sites for hydroxylation is 1. The zero-order chi connectivity index (χ0) is 18.9. The number of aliphatic imine (C=N–C) groups is 1. The van der Waals surface area contributed by atoms with Crippen LogP contribution in [0.2, 0.25) is 5.02 Å². The maximum absolute atomic E-state index is 12.6. The van der Waals surface area contributed by atoms with E-state index in [2.05, 4.69) is 10.1 Å². The zero-order valence-corrected chi connectivity index (χ0v) is 15.3. The lowest BCUT2D eigenvalue weighted by atomic mass is 10.2. The highest BCUT2D eigenvalue weighted by Gasteiger charge is 2.11. The monoisotopic (exact) mass is 390 g/mol. The van der Waals surface area contributed by atoms with Crippen molar-refractivity contribution < 1.29 is 8.42 Å². The van der Waals surface area contributed by atoms with E-state index in [1.807, 2.05) is 0 Å². The molecule has 0 amide bonds. The highest BCUT2D eigenvalue weighted by atomic mass is 35.5. The van der Waals surface area contributed by atoms with E-state index in [0.29, 0.717) is 27.7 Å². The van der Waals surface area contributed by atoms with Crippen molar-refractivity contribution in [3.63, 3.8) is 0 Å². The van der Waals surface area contributed by atoms with E-state index in [1.165, 1.54) is 35.2 Å². The third-order valence-electron chi connectivity index (χ3n) is 3.69. The van der Waals surface area contributed by atoms with Crippen molar-refractivity contribution in [3.05, 3.63) is 75.2 Å². The summed E-state index contributed by atoms with van der Waals surface area (Å²) >= 11 is 5.97. The maximum atomic E-state index is 12.6. The Bertz CT molecular complexity index is 1150. The summed E-state index contributed by atoms with van der Waals surface area (Å²) in [5, 5.41) is 8.56. The maximum Gasteiger partial charge on any atom is 0.280 e. The molecule has 26 heavy (non-hydrogen) atoms. The molecule has 0 unspecified atom stereocenters. The fourth-order valence-electron chi connectivity index (χ4n) is 2.37. The standard InChI is InChI=1S/C17H15ClN4O3S/c1-11-16(10-20-13-5-7-15(8-6-13)26(19,24)25)17(23)22(21-11)14-4-2-3-12(18)9-14/h2-10,21H,1H3,(H2,19,24,25).